The predicted molar refractivity (Wildman–Crippen MR) is 48.8 cm³/mol. The largest absolute Gasteiger partial charge is 0.353 e. The van der Waals surface area contributed by atoms with Gasteiger partial charge < -0.3 is 5.32 Å². The normalized spacial score (nSPS) is 26.7. The number of nitrogens with one attached hydrogen (secondary N) is 1. The van der Waals surface area contributed by atoms with Crippen LogP contribution < -0.4 is 5.32 Å². The van der Waals surface area contributed by atoms with Crippen LogP contribution in [-0.4, -0.2) is 16.8 Å². The molecule has 2 atom stereocenters. The van der Waals surface area contributed by atoms with Crippen molar-refractivity contribution in [2.24, 2.45) is 0 Å². The van der Waals surface area contributed by atoms with Crippen LogP contribution in [-0.2, 0) is 4.79 Å². The molecule has 2 nitrogen and oxygen atoms in total. The molecular formula is C8H14BrNO. The van der Waals surface area contributed by atoms with Gasteiger partial charge in [0, 0.05) is 17.3 Å². The Kier molecular flexibility index (Phi) is 3.37. The van der Waals surface area contributed by atoms with Gasteiger partial charge >= 0.3 is 0 Å². The highest BCUT2D eigenvalue weighted by molar-refractivity contribution is 9.09. The van der Waals surface area contributed by atoms with Crippen LogP contribution in [0, 0.1) is 0 Å². The van der Waals surface area contributed by atoms with Gasteiger partial charge in [0.05, 0.1) is 0 Å². The minimum absolute atomic E-state index is 0.220. The summed E-state index contributed by atoms with van der Waals surface area (Å²) in [6.07, 6.45) is 4.00. The molecule has 1 N–H and O–H groups in total. The lowest BCUT2D eigenvalue weighted by molar-refractivity contribution is -0.119. The second kappa shape index (κ2) is 4.10. The topological polar surface area (TPSA) is 29.1 Å². The van der Waals surface area contributed by atoms with Crippen LogP contribution in [0.15, 0.2) is 0 Å². The summed E-state index contributed by atoms with van der Waals surface area (Å²) in [6.45, 7) is 2.14. The number of carbonyl (C=O) groups is 1. The molecule has 1 amide bonds. The Morgan fingerprint density at radius 1 is 1.82 bits per heavy atom. The van der Waals surface area contributed by atoms with Gasteiger partial charge in [0.15, 0.2) is 0 Å². The monoisotopic (exact) mass is 219 g/mol. The molecule has 11 heavy (non-hydrogen) atoms. The van der Waals surface area contributed by atoms with Gasteiger partial charge in [-0.2, -0.15) is 0 Å². The standard InChI is InChI=1S/C8H14BrNO/c1-6(9)2-3-7-4-5-8(11)10-7/h6-7H,2-5H2,1H3,(H,10,11). The van der Waals surface area contributed by atoms with E-state index in [9.17, 15) is 4.79 Å². The van der Waals surface area contributed by atoms with E-state index in [0.29, 0.717) is 10.9 Å². The lowest BCUT2D eigenvalue weighted by Gasteiger charge is -2.09. The van der Waals surface area contributed by atoms with Crippen molar-refractivity contribution in [2.75, 3.05) is 0 Å². The third kappa shape index (κ3) is 3.23. The van der Waals surface area contributed by atoms with Crippen molar-refractivity contribution in [1.29, 1.82) is 0 Å². The van der Waals surface area contributed by atoms with Crippen LogP contribution in [0.4, 0.5) is 0 Å². The van der Waals surface area contributed by atoms with E-state index in [1.165, 1.54) is 0 Å². The summed E-state index contributed by atoms with van der Waals surface area (Å²) in [5.41, 5.74) is 0. The maximum absolute atomic E-state index is 10.8. The summed E-state index contributed by atoms with van der Waals surface area (Å²) in [5.74, 6) is 0.220. The van der Waals surface area contributed by atoms with E-state index in [4.69, 9.17) is 0 Å². The summed E-state index contributed by atoms with van der Waals surface area (Å²) in [7, 11) is 0. The zero-order valence-electron chi connectivity index (χ0n) is 6.77. The fraction of sp³-hybridized carbons (Fsp3) is 0.875. The van der Waals surface area contributed by atoms with Crippen LogP contribution >= 0.6 is 15.9 Å². The fourth-order valence-electron chi connectivity index (χ4n) is 1.32. The lowest BCUT2D eigenvalue weighted by atomic mass is 10.1. The van der Waals surface area contributed by atoms with Crippen molar-refractivity contribution in [3.63, 3.8) is 0 Å². The van der Waals surface area contributed by atoms with E-state index in [-0.39, 0.29) is 5.91 Å². The molecule has 0 radical (unpaired) electrons. The average Bonchev–Trinajstić information content (AvgIpc) is 2.31. The number of halogens is 1. The highest BCUT2D eigenvalue weighted by atomic mass is 79.9. The molecule has 1 heterocycles. The maximum atomic E-state index is 10.8. The summed E-state index contributed by atoms with van der Waals surface area (Å²) in [4.78, 5) is 11.3. The van der Waals surface area contributed by atoms with E-state index in [2.05, 4.69) is 28.2 Å². The van der Waals surface area contributed by atoms with Crippen molar-refractivity contribution >= 4 is 21.8 Å². The first-order chi connectivity index (χ1) is 5.18. The van der Waals surface area contributed by atoms with Crippen LogP contribution in [0.2, 0.25) is 0 Å². The van der Waals surface area contributed by atoms with Crippen molar-refractivity contribution < 1.29 is 4.79 Å². The Bertz CT molecular complexity index is 147. The molecule has 2 unspecified atom stereocenters. The van der Waals surface area contributed by atoms with Gasteiger partial charge in [-0.15, -0.1) is 0 Å². The van der Waals surface area contributed by atoms with Crippen LogP contribution in [0.5, 0.6) is 0 Å². The SMILES string of the molecule is CC(Br)CCC1CCC(=O)N1. The first kappa shape index (κ1) is 9.04. The zero-order chi connectivity index (χ0) is 8.27. The van der Waals surface area contributed by atoms with E-state index >= 15 is 0 Å². The molecule has 0 bridgehead atoms. The fourth-order valence-corrected chi connectivity index (χ4v) is 1.59. The quantitative estimate of drug-likeness (QED) is 0.722. The molecule has 0 aromatic heterocycles. The average molecular weight is 220 g/mol. The summed E-state index contributed by atoms with van der Waals surface area (Å²) < 4.78 is 0. The summed E-state index contributed by atoms with van der Waals surface area (Å²) in [6, 6.07) is 0.447. The molecule has 0 aromatic rings. The lowest BCUT2D eigenvalue weighted by Crippen LogP contribution is -2.25. The Labute approximate surface area is 75.9 Å². The van der Waals surface area contributed by atoms with Gasteiger partial charge in [-0.1, -0.05) is 22.9 Å². The number of alkyl halides is 1. The third-order valence-corrected chi connectivity index (χ3v) is 2.46. The number of hydrogen-bond acceptors (Lipinski definition) is 1. The van der Waals surface area contributed by atoms with Crippen LogP contribution in [0.3, 0.4) is 0 Å². The maximum Gasteiger partial charge on any atom is 0.220 e. The smallest absolute Gasteiger partial charge is 0.220 e. The molecule has 0 aliphatic carbocycles. The Balaban J connectivity index is 2.13. The Hall–Kier alpha value is -0.0500. The molecular weight excluding hydrogens is 206 g/mol. The Morgan fingerprint density at radius 2 is 2.55 bits per heavy atom. The highest BCUT2D eigenvalue weighted by Gasteiger charge is 2.20. The molecule has 0 aromatic carbocycles. The number of amides is 1. The predicted octanol–water partition coefficient (Wildman–Crippen LogP) is 1.83. The number of rotatable bonds is 3. The van der Waals surface area contributed by atoms with Crippen molar-refractivity contribution in [3.8, 4) is 0 Å². The van der Waals surface area contributed by atoms with Gasteiger partial charge in [-0.05, 0) is 19.3 Å². The van der Waals surface area contributed by atoms with Gasteiger partial charge in [-0.25, -0.2) is 0 Å². The van der Waals surface area contributed by atoms with Gasteiger partial charge in [0.1, 0.15) is 0 Å². The van der Waals surface area contributed by atoms with Gasteiger partial charge in [-0.3, -0.25) is 4.79 Å². The van der Waals surface area contributed by atoms with E-state index in [1.807, 2.05) is 0 Å². The van der Waals surface area contributed by atoms with Crippen LogP contribution in [0.1, 0.15) is 32.6 Å². The molecule has 3 heteroatoms. The number of hydrogen-bond donors (Lipinski definition) is 1. The van der Waals surface area contributed by atoms with Crippen molar-refractivity contribution in [2.45, 2.75) is 43.5 Å². The molecule has 1 saturated heterocycles. The highest BCUT2D eigenvalue weighted by Crippen LogP contribution is 2.15. The molecule has 0 spiro atoms. The van der Waals surface area contributed by atoms with Crippen molar-refractivity contribution in [3.05, 3.63) is 0 Å². The molecule has 1 aliphatic heterocycles. The summed E-state index contributed by atoms with van der Waals surface area (Å²) >= 11 is 3.48. The minimum atomic E-state index is 0.220. The van der Waals surface area contributed by atoms with Crippen molar-refractivity contribution in [1.82, 2.24) is 5.32 Å². The molecule has 1 fully saturated rings. The first-order valence-electron chi connectivity index (χ1n) is 4.12. The second-order valence-corrected chi connectivity index (χ2v) is 4.72. The molecule has 1 aliphatic rings. The van der Waals surface area contributed by atoms with Gasteiger partial charge in [0.25, 0.3) is 0 Å². The first-order valence-corrected chi connectivity index (χ1v) is 5.03. The second-order valence-electron chi connectivity index (χ2n) is 3.16. The van der Waals surface area contributed by atoms with Gasteiger partial charge in [0.2, 0.25) is 5.91 Å². The van der Waals surface area contributed by atoms with E-state index in [1.54, 1.807) is 0 Å². The van der Waals surface area contributed by atoms with E-state index in [0.717, 1.165) is 25.7 Å². The Morgan fingerprint density at radius 3 is 3.00 bits per heavy atom. The third-order valence-electron chi connectivity index (χ3n) is 2.00. The zero-order valence-corrected chi connectivity index (χ0v) is 8.36. The van der Waals surface area contributed by atoms with E-state index < -0.39 is 0 Å². The molecule has 1 rings (SSSR count). The minimum Gasteiger partial charge on any atom is -0.353 e. The van der Waals surface area contributed by atoms with Crippen LogP contribution in [0.25, 0.3) is 0 Å². The molecule has 64 valence electrons. The summed E-state index contributed by atoms with van der Waals surface area (Å²) in [5, 5.41) is 2.95. The number of carbonyl (C=O) groups excluding carboxylic acids is 1. The molecule has 0 saturated carbocycles.